The number of methoxy groups -OCH3 is 6. The van der Waals surface area contributed by atoms with Crippen molar-refractivity contribution in [3.05, 3.63) is 129 Å². The third-order valence-electron chi connectivity index (χ3n) is 17.7. The first-order valence-electron chi connectivity index (χ1n) is 42.7. The van der Waals surface area contributed by atoms with Crippen LogP contribution in [-0.4, -0.2) is 306 Å². The molecule has 0 aliphatic carbocycles. The quantitative estimate of drug-likeness (QED) is 0.0270. The Kier molecular flexibility index (Phi) is 62.2. The Hall–Kier alpha value is -7.80. The molecule has 5 aromatic rings. The van der Waals surface area contributed by atoms with Crippen LogP contribution in [0.5, 0.6) is 46.0 Å². The number of carbonyl (C=O) groups is 2. The number of carbonyl (C=O) groups excluding carboxylic acids is 2. The molecule has 122 heavy (non-hydrogen) atoms. The molecule has 0 heterocycles. The van der Waals surface area contributed by atoms with Crippen LogP contribution in [0.3, 0.4) is 0 Å². The molecule has 0 atom stereocenters. The van der Waals surface area contributed by atoms with E-state index in [0.717, 1.165) is 73.6 Å². The van der Waals surface area contributed by atoms with Gasteiger partial charge in [-0.3, -0.25) is 9.59 Å². The third kappa shape index (κ3) is 49.0. The van der Waals surface area contributed by atoms with Gasteiger partial charge in [0.2, 0.25) is 11.5 Å². The number of amides is 2. The van der Waals surface area contributed by atoms with Gasteiger partial charge in [0.05, 0.1) is 211 Å². The van der Waals surface area contributed by atoms with Crippen molar-refractivity contribution in [2.24, 2.45) is 0 Å². The van der Waals surface area contributed by atoms with Crippen molar-refractivity contribution in [3.8, 4) is 46.0 Å². The first-order chi connectivity index (χ1) is 60.2. The first-order valence-corrected chi connectivity index (χ1v) is 42.7. The van der Waals surface area contributed by atoms with E-state index in [1.807, 2.05) is 85.0 Å². The lowest BCUT2D eigenvalue weighted by molar-refractivity contribution is 0.0146. The SMILES string of the molecule is CCCCCCOc1cc(/C=C/c2ccc(C(=O)NCc3cc(OCCOCCOCCOC)c(OCCOCCOCCOC)c(OCCOCCOCCOC)c3)cc2)c(OCCCCCC)cc1/C=C/c1ccc(C(=O)NCc2cc(OCCOCCOCCOC)c(OCCOCCOCCOC)c(OCCOCCOCCOC)c2)cc1. The van der Waals surface area contributed by atoms with Gasteiger partial charge >= 0.3 is 0 Å². The van der Waals surface area contributed by atoms with Gasteiger partial charge in [-0.1, -0.05) is 101 Å². The summed E-state index contributed by atoms with van der Waals surface area (Å²) in [6.07, 6.45) is 16.3. The lowest BCUT2D eigenvalue weighted by atomic mass is 10.0. The topological polar surface area (TPSA) is 298 Å². The molecule has 5 aromatic carbocycles. The van der Waals surface area contributed by atoms with E-state index in [4.69, 9.17) is 123 Å². The van der Waals surface area contributed by atoms with Crippen LogP contribution in [0.2, 0.25) is 0 Å². The van der Waals surface area contributed by atoms with Gasteiger partial charge < -0.3 is 134 Å². The first kappa shape index (κ1) is 105. The van der Waals surface area contributed by atoms with Crippen molar-refractivity contribution < 1.29 is 133 Å². The zero-order valence-corrected chi connectivity index (χ0v) is 73.8. The maximum absolute atomic E-state index is 14.0. The van der Waals surface area contributed by atoms with Crippen molar-refractivity contribution >= 4 is 36.1 Å². The minimum atomic E-state index is -0.287. The van der Waals surface area contributed by atoms with Crippen LogP contribution < -0.4 is 48.5 Å². The Bertz CT molecular complexity index is 3170. The Morgan fingerprint density at radius 2 is 0.475 bits per heavy atom. The second-order valence-electron chi connectivity index (χ2n) is 27.3. The van der Waals surface area contributed by atoms with E-state index in [0.29, 0.717) is 240 Å². The van der Waals surface area contributed by atoms with Crippen molar-refractivity contribution in [3.63, 3.8) is 0 Å². The lowest BCUT2D eigenvalue weighted by Gasteiger charge is -2.19. The van der Waals surface area contributed by atoms with Crippen molar-refractivity contribution in [2.45, 2.75) is 78.3 Å². The van der Waals surface area contributed by atoms with Crippen molar-refractivity contribution in [1.82, 2.24) is 10.6 Å². The molecule has 0 unspecified atom stereocenters. The summed E-state index contributed by atoms with van der Waals surface area (Å²) in [5.74, 6) is 3.10. The fraction of sp³-hybridized carbons (Fsp3) is 0.609. The molecular formula is C92H140N2O28. The number of hydrogen-bond acceptors (Lipinski definition) is 28. The summed E-state index contributed by atoms with van der Waals surface area (Å²) in [5.41, 5.74) is 5.69. The average molecular weight is 1720 g/mol. The summed E-state index contributed by atoms with van der Waals surface area (Å²) in [7, 11) is 9.75. The molecule has 2 N–H and O–H groups in total. The number of nitrogens with one attached hydrogen (secondary N) is 2. The number of ether oxygens (including phenoxy) is 26. The summed E-state index contributed by atoms with van der Waals surface area (Å²) in [6.45, 7) is 18.7. The van der Waals surface area contributed by atoms with Crippen LogP contribution in [0.15, 0.2) is 84.9 Å². The maximum atomic E-state index is 14.0. The zero-order valence-electron chi connectivity index (χ0n) is 73.8. The summed E-state index contributed by atoms with van der Waals surface area (Å²) >= 11 is 0. The van der Waals surface area contributed by atoms with Crippen LogP contribution in [0.4, 0.5) is 0 Å². The monoisotopic (exact) mass is 1720 g/mol. The Balaban J connectivity index is 1.36. The maximum Gasteiger partial charge on any atom is 0.251 e. The Morgan fingerprint density at radius 1 is 0.246 bits per heavy atom. The van der Waals surface area contributed by atoms with Gasteiger partial charge in [0, 0.05) is 78.0 Å². The lowest BCUT2D eigenvalue weighted by Crippen LogP contribution is -2.23. The Morgan fingerprint density at radius 3 is 0.721 bits per heavy atom. The highest BCUT2D eigenvalue weighted by atomic mass is 16.6. The van der Waals surface area contributed by atoms with Gasteiger partial charge in [-0.25, -0.2) is 0 Å². The van der Waals surface area contributed by atoms with Crippen LogP contribution in [0, 0.1) is 0 Å². The van der Waals surface area contributed by atoms with E-state index < -0.39 is 0 Å². The molecule has 0 saturated carbocycles. The molecule has 30 heteroatoms. The molecule has 5 rings (SSSR count). The normalized spacial score (nSPS) is 11.5. The Labute approximate surface area is 723 Å². The molecule has 0 spiro atoms. The predicted molar refractivity (Wildman–Crippen MR) is 466 cm³/mol. The molecular weight excluding hydrogens is 1580 g/mol. The van der Waals surface area contributed by atoms with Crippen LogP contribution in [0.25, 0.3) is 24.3 Å². The number of rotatable bonds is 82. The highest BCUT2D eigenvalue weighted by Gasteiger charge is 2.21. The molecule has 2 amide bonds. The second kappa shape index (κ2) is 72.5. The van der Waals surface area contributed by atoms with Crippen LogP contribution in [0.1, 0.15) is 119 Å². The van der Waals surface area contributed by atoms with Crippen molar-refractivity contribution in [2.75, 3.05) is 294 Å². The predicted octanol–water partition coefficient (Wildman–Crippen LogP) is 12.2. The van der Waals surface area contributed by atoms with Crippen LogP contribution in [-0.2, 0) is 98.4 Å². The highest BCUT2D eigenvalue weighted by Crippen LogP contribution is 2.41. The van der Waals surface area contributed by atoms with Gasteiger partial charge in [-0.2, -0.15) is 0 Å². The van der Waals surface area contributed by atoms with Gasteiger partial charge in [-0.05, 0) is 95.8 Å². The summed E-state index contributed by atoms with van der Waals surface area (Å²) in [5, 5.41) is 6.18. The third-order valence-corrected chi connectivity index (χ3v) is 17.7. The summed E-state index contributed by atoms with van der Waals surface area (Å²) < 4.78 is 150. The van der Waals surface area contributed by atoms with Gasteiger partial charge in [0.1, 0.15) is 51.1 Å². The number of hydrogen-bond donors (Lipinski definition) is 2. The molecule has 0 bridgehead atoms. The van der Waals surface area contributed by atoms with Gasteiger partial charge in [0.15, 0.2) is 23.0 Å². The van der Waals surface area contributed by atoms with E-state index in [1.54, 1.807) is 66.9 Å². The molecule has 0 aliphatic rings. The summed E-state index contributed by atoms with van der Waals surface area (Å²) in [6, 6.07) is 26.1. The number of unbranched alkanes of at least 4 members (excludes halogenated alkanes) is 6. The molecule has 0 aliphatic heterocycles. The van der Waals surface area contributed by atoms with E-state index in [1.165, 1.54) is 0 Å². The molecule has 0 fully saturated rings. The fourth-order valence-electron chi connectivity index (χ4n) is 11.2. The minimum absolute atomic E-state index is 0.127. The standard InChI is InChI=1S/C92H140N2O28/c1-9-11-13-15-29-115-83-71-82(28-22-76-19-25-80(26-20-76)92(96)94-74-78-69-87(119-63-57-111-51-45-105-39-33-99-5)90(122-66-60-114-54-48-108-42-36-102-8)88(70-78)120-64-58-112-52-46-106-40-34-100-6)84(116-30-16-14-12-10-2)72-81(83)27-21-75-17-23-79(24-18-75)91(95)93-73-77-67-85(117-61-55-109-49-43-103-37-31-97-3)89(121-65-59-113-53-47-107-41-35-101-7)86(68-77)118-62-56-110-50-44-104-38-32-98-4/h17-28,67-72H,9-16,29-66,73-74H2,1-8H3,(H,93,95)(H,94,96)/b27-21+,28-22+. The van der Waals surface area contributed by atoms with Crippen LogP contribution >= 0.6 is 0 Å². The van der Waals surface area contributed by atoms with E-state index in [-0.39, 0.29) is 104 Å². The zero-order chi connectivity index (χ0) is 86.9. The molecule has 0 radical (unpaired) electrons. The average Bonchev–Trinajstić information content (AvgIpc) is 0.830. The van der Waals surface area contributed by atoms with E-state index in [2.05, 4.69) is 24.5 Å². The molecule has 0 saturated heterocycles. The number of benzene rings is 5. The smallest absolute Gasteiger partial charge is 0.251 e. The van der Waals surface area contributed by atoms with E-state index in [9.17, 15) is 9.59 Å². The minimum Gasteiger partial charge on any atom is -0.493 e. The fourth-order valence-corrected chi connectivity index (χ4v) is 11.2. The van der Waals surface area contributed by atoms with E-state index >= 15 is 0 Å². The molecule has 30 nitrogen and oxygen atoms in total. The molecule has 0 aromatic heterocycles. The van der Waals surface area contributed by atoms with Gasteiger partial charge in [-0.15, -0.1) is 0 Å². The largest absolute Gasteiger partial charge is 0.493 e. The van der Waals surface area contributed by atoms with Gasteiger partial charge in [0.25, 0.3) is 11.8 Å². The second-order valence-corrected chi connectivity index (χ2v) is 27.3. The highest BCUT2D eigenvalue weighted by molar-refractivity contribution is 5.95. The molecule has 686 valence electrons. The summed E-state index contributed by atoms with van der Waals surface area (Å²) in [4.78, 5) is 28.1. The van der Waals surface area contributed by atoms with Crippen molar-refractivity contribution in [1.29, 1.82) is 0 Å².